The summed E-state index contributed by atoms with van der Waals surface area (Å²) in [6, 6.07) is 7.81. The number of methoxy groups -OCH3 is 1. The number of rotatable bonds is 2. The Morgan fingerprint density at radius 2 is 2.24 bits per heavy atom. The first-order valence-corrected chi connectivity index (χ1v) is 5.72. The van der Waals surface area contributed by atoms with Gasteiger partial charge in [0.2, 0.25) is 0 Å². The van der Waals surface area contributed by atoms with E-state index in [1.54, 1.807) is 7.11 Å². The van der Waals surface area contributed by atoms with Crippen LogP contribution in [0.5, 0.6) is 5.75 Å². The Kier molecular flexibility index (Phi) is 2.44. The van der Waals surface area contributed by atoms with Crippen LogP contribution in [0.1, 0.15) is 12.1 Å². The number of para-hydroxylation sites is 2. The number of hydrogen-bond acceptors (Lipinski definition) is 4. The predicted molar refractivity (Wildman–Crippen MR) is 64.7 cm³/mol. The highest BCUT2D eigenvalue weighted by Gasteiger charge is 2.18. The Morgan fingerprint density at radius 3 is 3.12 bits per heavy atom. The molecule has 0 bridgehead atoms. The van der Waals surface area contributed by atoms with E-state index in [0.29, 0.717) is 0 Å². The molecule has 0 saturated carbocycles. The molecule has 5 nitrogen and oxygen atoms in total. The van der Waals surface area contributed by atoms with E-state index in [4.69, 9.17) is 4.74 Å². The van der Waals surface area contributed by atoms with Crippen molar-refractivity contribution in [2.24, 2.45) is 0 Å². The summed E-state index contributed by atoms with van der Waals surface area (Å²) in [6.07, 6.45) is 2.09. The fraction of sp³-hybridized carbons (Fsp3) is 0.333. The van der Waals surface area contributed by atoms with Gasteiger partial charge in [0, 0.05) is 6.54 Å². The van der Waals surface area contributed by atoms with Crippen molar-refractivity contribution in [1.29, 1.82) is 0 Å². The van der Waals surface area contributed by atoms with Gasteiger partial charge in [0.1, 0.15) is 17.1 Å². The van der Waals surface area contributed by atoms with E-state index in [1.165, 1.54) is 0 Å². The highest BCUT2D eigenvalue weighted by Crippen LogP contribution is 2.27. The summed E-state index contributed by atoms with van der Waals surface area (Å²) in [4.78, 5) is 0. The van der Waals surface area contributed by atoms with E-state index in [9.17, 15) is 0 Å². The third-order valence-corrected chi connectivity index (χ3v) is 2.94. The van der Waals surface area contributed by atoms with Gasteiger partial charge in [-0.1, -0.05) is 17.3 Å². The molecule has 2 heterocycles. The molecular formula is C12H14N4O. The van der Waals surface area contributed by atoms with Crippen molar-refractivity contribution in [3.05, 3.63) is 30.0 Å². The summed E-state index contributed by atoms with van der Waals surface area (Å²) in [7, 11) is 1.66. The molecule has 0 fully saturated rings. The Hall–Kier alpha value is -2.04. The minimum atomic E-state index is 0.799. The van der Waals surface area contributed by atoms with Crippen molar-refractivity contribution in [2.45, 2.75) is 12.8 Å². The van der Waals surface area contributed by atoms with Crippen LogP contribution in [-0.2, 0) is 6.42 Å². The summed E-state index contributed by atoms with van der Waals surface area (Å²) in [5, 5.41) is 11.7. The van der Waals surface area contributed by atoms with Gasteiger partial charge in [0.15, 0.2) is 5.82 Å². The van der Waals surface area contributed by atoms with Gasteiger partial charge in [-0.15, -0.1) is 5.10 Å². The maximum absolute atomic E-state index is 5.34. The smallest absolute Gasteiger partial charge is 0.153 e. The molecule has 0 aliphatic carbocycles. The highest BCUT2D eigenvalue weighted by atomic mass is 16.5. The molecule has 0 amide bonds. The average molecular weight is 230 g/mol. The third-order valence-electron chi connectivity index (χ3n) is 2.94. The van der Waals surface area contributed by atoms with Crippen LogP contribution < -0.4 is 10.1 Å². The zero-order chi connectivity index (χ0) is 11.7. The zero-order valence-electron chi connectivity index (χ0n) is 9.68. The summed E-state index contributed by atoms with van der Waals surface area (Å²) < 4.78 is 7.16. The fourth-order valence-electron chi connectivity index (χ4n) is 2.09. The monoisotopic (exact) mass is 230 g/mol. The number of ether oxygens (including phenoxy) is 1. The van der Waals surface area contributed by atoms with Crippen LogP contribution in [0, 0.1) is 0 Å². The molecule has 3 rings (SSSR count). The lowest BCUT2D eigenvalue weighted by molar-refractivity contribution is 0.411. The fourth-order valence-corrected chi connectivity index (χ4v) is 2.09. The lowest BCUT2D eigenvalue weighted by Gasteiger charge is -2.15. The lowest BCUT2D eigenvalue weighted by Crippen LogP contribution is -2.14. The summed E-state index contributed by atoms with van der Waals surface area (Å²) in [5.74, 6) is 1.79. The molecule has 2 aromatic rings. The standard InChI is InChI=1S/C12H14N4O/c1-17-11-7-3-2-6-10(11)16-12-9(14-15-16)5-4-8-13-12/h2-3,6-7,13H,4-5,8H2,1H3. The van der Waals surface area contributed by atoms with Gasteiger partial charge in [-0.05, 0) is 25.0 Å². The Morgan fingerprint density at radius 1 is 1.35 bits per heavy atom. The molecule has 1 aromatic carbocycles. The van der Waals surface area contributed by atoms with Gasteiger partial charge in [0.05, 0.1) is 7.11 Å². The number of aromatic nitrogens is 3. The van der Waals surface area contributed by atoms with Gasteiger partial charge in [0.25, 0.3) is 0 Å². The predicted octanol–water partition coefficient (Wildman–Crippen LogP) is 1.63. The number of nitrogens with one attached hydrogen (secondary N) is 1. The van der Waals surface area contributed by atoms with Crippen LogP contribution in [-0.4, -0.2) is 28.6 Å². The third kappa shape index (κ3) is 1.63. The Bertz CT molecular complexity index is 535. The van der Waals surface area contributed by atoms with Crippen molar-refractivity contribution in [1.82, 2.24) is 15.0 Å². The van der Waals surface area contributed by atoms with E-state index in [1.807, 2.05) is 28.9 Å². The topological polar surface area (TPSA) is 52.0 Å². The number of fused-ring (bicyclic) bond motifs is 1. The summed E-state index contributed by atoms with van der Waals surface area (Å²) in [6.45, 7) is 0.968. The maximum Gasteiger partial charge on any atom is 0.153 e. The summed E-state index contributed by atoms with van der Waals surface area (Å²) >= 11 is 0. The first kappa shape index (κ1) is 10.1. The number of aryl methyl sites for hydroxylation is 1. The zero-order valence-corrected chi connectivity index (χ0v) is 9.68. The van der Waals surface area contributed by atoms with Crippen molar-refractivity contribution in [3.63, 3.8) is 0 Å². The van der Waals surface area contributed by atoms with Gasteiger partial charge < -0.3 is 10.1 Å². The molecule has 1 aromatic heterocycles. The molecule has 1 aliphatic rings. The molecule has 1 N–H and O–H groups in total. The van der Waals surface area contributed by atoms with E-state index >= 15 is 0 Å². The van der Waals surface area contributed by atoms with E-state index in [2.05, 4.69) is 15.6 Å². The molecule has 88 valence electrons. The van der Waals surface area contributed by atoms with Gasteiger partial charge in [-0.2, -0.15) is 4.68 Å². The van der Waals surface area contributed by atoms with E-state index < -0.39 is 0 Å². The molecular weight excluding hydrogens is 216 g/mol. The second kappa shape index (κ2) is 4.08. The number of anilines is 1. The van der Waals surface area contributed by atoms with Crippen molar-refractivity contribution >= 4 is 5.82 Å². The lowest BCUT2D eigenvalue weighted by atomic mass is 10.2. The Labute approximate surface area is 99.4 Å². The minimum Gasteiger partial charge on any atom is -0.494 e. The van der Waals surface area contributed by atoms with Crippen LogP contribution in [0.15, 0.2) is 24.3 Å². The van der Waals surface area contributed by atoms with Crippen LogP contribution in [0.2, 0.25) is 0 Å². The van der Waals surface area contributed by atoms with Crippen molar-refractivity contribution in [2.75, 3.05) is 19.0 Å². The molecule has 0 unspecified atom stereocenters. The molecule has 5 heteroatoms. The minimum absolute atomic E-state index is 0.799. The van der Waals surface area contributed by atoms with Crippen LogP contribution in [0.4, 0.5) is 5.82 Å². The van der Waals surface area contributed by atoms with Crippen LogP contribution in [0.25, 0.3) is 5.69 Å². The normalized spacial score (nSPS) is 13.9. The molecule has 0 radical (unpaired) electrons. The van der Waals surface area contributed by atoms with E-state index in [-0.39, 0.29) is 0 Å². The van der Waals surface area contributed by atoms with Crippen LogP contribution in [0.3, 0.4) is 0 Å². The van der Waals surface area contributed by atoms with Crippen molar-refractivity contribution in [3.8, 4) is 11.4 Å². The highest BCUT2D eigenvalue weighted by molar-refractivity contribution is 5.54. The Balaban J connectivity index is 2.12. The molecule has 1 aliphatic heterocycles. The van der Waals surface area contributed by atoms with Gasteiger partial charge in [-0.3, -0.25) is 0 Å². The van der Waals surface area contributed by atoms with Gasteiger partial charge in [-0.25, -0.2) is 0 Å². The first-order valence-electron chi connectivity index (χ1n) is 5.72. The second-order valence-corrected chi connectivity index (χ2v) is 4.00. The second-order valence-electron chi connectivity index (χ2n) is 4.00. The summed E-state index contributed by atoms with van der Waals surface area (Å²) in [5.41, 5.74) is 1.94. The SMILES string of the molecule is COc1ccccc1-n1nnc2c1NCCC2. The van der Waals surface area contributed by atoms with Gasteiger partial charge >= 0.3 is 0 Å². The van der Waals surface area contributed by atoms with Crippen LogP contribution >= 0.6 is 0 Å². The quantitative estimate of drug-likeness (QED) is 0.852. The molecule has 0 saturated heterocycles. The molecule has 17 heavy (non-hydrogen) atoms. The number of nitrogens with zero attached hydrogens (tertiary/aromatic N) is 3. The largest absolute Gasteiger partial charge is 0.494 e. The first-order chi connectivity index (χ1) is 8.40. The number of benzene rings is 1. The van der Waals surface area contributed by atoms with E-state index in [0.717, 1.165) is 42.3 Å². The number of hydrogen-bond donors (Lipinski definition) is 1. The molecule has 0 atom stereocenters. The molecule has 0 spiro atoms. The average Bonchev–Trinajstić information content (AvgIpc) is 2.82. The maximum atomic E-state index is 5.34. The van der Waals surface area contributed by atoms with Crippen molar-refractivity contribution < 1.29 is 4.74 Å².